The molecule has 6 nitrogen and oxygen atoms in total. The van der Waals surface area contributed by atoms with Crippen LogP contribution in [0.2, 0.25) is 0 Å². The molecule has 0 saturated carbocycles. The molecule has 0 aliphatic heterocycles. The molecule has 0 aliphatic rings. The number of amides is 1. The summed E-state index contributed by atoms with van der Waals surface area (Å²) in [6.45, 7) is 4.44. The van der Waals surface area contributed by atoms with E-state index in [-0.39, 0.29) is 11.9 Å². The van der Waals surface area contributed by atoms with Gasteiger partial charge < -0.3 is 16.4 Å². The zero-order valence-corrected chi connectivity index (χ0v) is 12.1. The molecule has 1 unspecified atom stereocenters. The van der Waals surface area contributed by atoms with E-state index in [1.807, 2.05) is 38.1 Å². The lowest BCUT2D eigenvalue weighted by molar-refractivity contribution is 0.0950. The number of hydrogen-bond acceptors (Lipinski definition) is 5. The Kier molecular flexibility index (Phi) is 4.71. The van der Waals surface area contributed by atoms with Crippen LogP contribution in [0.15, 0.2) is 36.4 Å². The number of carbonyl (C=O) groups is 1. The highest BCUT2D eigenvalue weighted by Gasteiger charge is 2.09. The fourth-order valence-electron chi connectivity index (χ4n) is 1.87. The Morgan fingerprint density at radius 1 is 1.19 bits per heavy atom. The van der Waals surface area contributed by atoms with Crippen LogP contribution in [0.3, 0.4) is 0 Å². The van der Waals surface area contributed by atoms with E-state index in [0.29, 0.717) is 18.1 Å². The number of nitrogens with two attached hydrogens (primary N) is 1. The molecular weight excluding hydrogens is 266 g/mol. The summed E-state index contributed by atoms with van der Waals surface area (Å²) in [4.78, 5) is 11.6. The number of benzene rings is 1. The first-order chi connectivity index (χ1) is 10.1. The van der Waals surface area contributed by atoms with Crippen molar-refractivity contribution in [3.05, 3.63) is 47.7 Å². The summed E-state index contributed by atoms with van der Waals surface area (Å²) in [6.07, 6.45) is 0. The van der Waals surface area contributed by atoms with Gasteiger partial charge in [0.05, 0.1) is 6.04 Å². The molecule has 1 heterocycles. The number of rotatable bonds is 5. The minimum Gasteiger partial charge on any atom is -0.399 e. The topological polar surface area (TPSA) is 92.9 Å². The molecule has 0 fully saturated rings. The third-order valence-corrected chi connectivity index (χ3v) is 3.04. The highest BCUT2D eigenvalue weighted by Crippen LogP contribution is 2.18. The first kappa shape index (κ1) is 14.8. The number of nitrogens with one attached hydrogen (secondary N) is 2. The lowest BCUT2D eigenvalue weighted by Crippen LogP contribution is -2.24. The minimum absolute atomic E-state index is 0.0650. The van der Waals surface area contributed by atoms with E-state index in [0.717, 1.165) is 11.3 Å². The molecule has 6 heteroatoms. The molecule has 21 heavy (non-hydrogen) atoms. The fourth-order valence-corrected chi connectivity index (χ4v) is 1.87. The summed E-state index contributed by atoms with van der Waals surface area (Å²) in [7, 11) is 0. The average Bonchev–Trinajstić information content (AvgIpc) is 2.49. The van der Waals surface area contributed by atoms with Crippen LogP contribution in [-0.2, 0) is 0 Å². The van der Waals surface area contributed by atoms with Gasteiger partial charge in [-0.05, 0) is 43.7 Å². The Morgan fingerprint density at radius 3 is 2.48 bits per heavy atom. The summed E-state index contributed by atoms with van der Waals surface area (Å²) in [5.74, 6) is 0.399. The summed E-state index contributed by atoms with van der Waals surface area (Å²) < 4.78 is 0. The number of nitrogens with zero attached hydrogens (tertiary/aromatic N) is 2. The van der Waals surface area contributed by atoms with E-state index in [1.54, 1.807) is 12.1 Å². The zero-order chi connectivity index (χ0) is 15.2. The Morgan fingerprint density at radius 2 is 1.90 bits per heavy atom. The lowest BCUT2D eigenvalue weighted by atomic mass is 10.1. The minimum atomic E-state index is -0.219. The Balaban J connectivity index is 2.02. The highest BCUT2D eigenvalue weighted by atomic mass is 16.1. The maximum Gasteiger partial charge on any atom is 0.271 e. The predicted molar refractivity (Wildman–Crippen MR) is 82.9 cm³/mol. The van der Waals surface area contributed by atoms with Gasteiger partial charge in [0, 0.05) is 12.2 Å². The van der Waals surface area contributed by atoms with Crippen molar-refractivity contribution in [1.29, 1.82) is 0 Å². The quantitative estimate of drug-likeness (QED) is 0.730. The van der Waals surface area contributed by atoms with E-state index < -0.39 is 0 Å². The monoisotopic (exact) mass is 285 g/mol. The second-order valence-electron chi connectivity index (χ2n) is 4.70. The second-order valence-corrected chi connectivity index (χ2v) is 4.70. The molecule has 1 aromatic carbocycles. The third-order valence-electron chi connectivity index (χ3n) is 3.04. The van der Waals surface area contributed by atoms with Crippen LogP contribution in [-0.4, -0.2) is 22.6 Å². The molecule has 0 spiro atoms. The fraction of sp³-hybridized carbons (Fsp3) is 0.267. The Hall–Kier alpha value is -2.63. The Labute approximate surface area is 123 Å². The van der Waals surface area contributed by atoms with Crippen molar-refractivity contribution in [2.45, 2.75) is 19.9 Å². The van der Waals surface area contributed by atoms with Crippen molar-refractivity contribution >= 4 is 17.4 Å². The van der Waals surface area contributed by atoms with Crippen LogP contribution < -0.4 is 16.4 Å². The molecule has 0 bridgehead atoms. The van der Waals surface area contributed by atoms with Gasteiger partial charge in [-0.2, -0.15) is 0 Å². The van der Waals surface area contributed by atoms with Crippen molar-refractivity contribution < 1.29 is 4.79 Å². The molecule has 1 amide bonds. The molecule has 0 radical (unpaired) electrons. The van der Waals surface area contributed by atoms with E-state index in [4.69, 9.17) is 5.73 Å². The van der Waals surface area contributed by atoms with Crippen molar-refractivity contribution in [3.63, 3.8) is 0 Å². The van der Waals surface area contributed by atoms with Crippen molar-refractivity contribution in [2.75, 3.05) is 17.6 Å². The number of aromatic nitrogens is 2. The summed E-state index contributed by atoms with van der Waals surface area (Å²) >= 11 is 0. The standard InChI is InChI=1S/C15H19N5O/c1-3-17-15(21)13-8-9-14(20-19-13)18-10(2)11-4-6-12(16)7-5-11/h4-10H,3,16H2,1-2H3,(H,17,21)(H,18,20). The van der Waals surface area contributed by atoms with Gasteiger partial charge in [0.25, 0.3) is 5.91 Å². The van der Waals surface area contributed by atoms with Crippen molar-refractivity contribution in [3.8, 4) is 0 Å². The largest absolute Gasteiger partial charge is 0.399 e. The van der Waals surface area contributed by atoms with E-state index in [2.05, 4.69) is 20.8 Å². The third kappa shape index (κ3) is 3.92. The van der Waals surface area contributed by atoms with Gasteiger partial charge in [0.2, 0.25) is 0 Å². The molecule has 0 aliphatic carbocycles. The van der Waals surface area contributed by atoms with E-state index in [1.165, 1.54) is 0 Å². The molecule has 1 aromatic heterocycles. The van der Waals surface area contributed by atoms with Crippen molar-refractivity contribution in [1.82, 2.24) is 15.5 Å². The van der Waals surface area contributed by atoms with Gasteiger partial charge in [-0.1, -0.05) is 12.1 Å². The van der Waals surface area contributed by atoms with Gasteiger partial charge in [-0.3, -0.25) is 4.79 Å². The van der Waals surface area contributed by atoms with Crippen LogP contribution in [0.5, 0.6) is 0 Å². The number of carbonyl (C=O) groups excluding carboxylic acids is 1. The predicted octanol–water partition coefficient (Wildman–Crippen LogP) is 1.98. The maximum absolute atomic E-state index is 11.6. The highest BCUT2D eigenvalue weighted by molar-refractivity contribution is 5.92. The van der Waals surface area contributed by atoms with E-state index >= 15 is 0 Å². The second kappa shape index (κ2) is 6.69. The van der Waals surface area contributed by atoms with Gasteiger partial charge in [0.1, 0.15) is 5.82 Å². The summed E-state index contributed by atoms with van der Waals surface area (Å²) in [5.41, 5.74) is 7.81. The van der Waals surface area contributed by atoms with Crippen LogP contribution in [0.1, 0.15) is 35.9 Å². The first-order valence-corrected chi connectivity index (χ1v) is 6.84. The van der Waals surface area contributed by atoms with Gasteiger partial charge in [-0.25, -0.2) is 0 Å². The van der Waals surface area contributed by atoms with Crippen LogP contribution in [0.25, 0.3) is 0 Å². The molecule has 0 saturated heterocycles. The Bertz CT molecular complexity index is 594. The SMILES string of the molecule is CCNC(=O)c1ccc(NC(C)c2ccc(N)cc2)nn1. The maximum atomic E-state index is 11.6. The summed E-state index contributed by atoms with van der Waals surface area (Å²) in [6, 6.07) is 11.1. The molecular formula is C15H19N5O. The lowest BCUT2D eigenvalue weighted by Gasteiger charge is -2.14. The number of nitrogen functional groups attached to an aromatic ring is 1. The summed E-state index contributed by atoms with van der Waals surface area (Å²) in [5, 5.41) is 13.8. The number of hydrogen-bond donors (Lipinski definition) is 3. The zero-order valence-electron chi connectivity index (χ0n) is 12.1. The normalized spacial score (nSPS) is 11.7. The molecule has 1 atom stereocenters. The van der Waals surface area contributed by atoms with Crippen LogP contribution in [0, 0.1) is 0 Å². The molecule has 2 rings (SSSR count). The molecule has 2 aromatic rings. The van der Waals surface area contributed by atoms with Gasteiger partial charge in [-0.15, -0.1) is 10.2 Å². The van der Waals surface area contributed by atoms with Crippen LogP contribution >= 0.6 is 0 Å². The average molecular weight is 285 g/mol. The van der Waals surface area contributed by atoms with Gasteiger partial charge in [0.15, 0.2) is 5.69 Å². The number of anilines is 2. The van der Waals surface area contributed by atoms with E-state index in [9.17, 15) is 4.79 Å². The van der Waals surface area contributed by atoms with Crippen LogP contribution in [0.4, 0.5) is 11.5 Å². The van der Waals surface area contributed by atoms with Crippen molar-refractivity contribution in [2.24, 2.45) is 0 Å². The molecule has 110 valence electrons. The smallest absolute Gasteiger partial charge is 0.271 e. The van der Waals surface area contributed by atoms with Gasteiger partial charge >= 0.3 is 0 Å². The first-order valence-electron chi connectivity index (χ1n) is 6.84. The molecule has 4 N–H and O–H groups in total.